The molecular weight excluding hydrogens is 440 g/mol. The summed E-state index contributed by atoms with van der Waals surface area (Å²) in [5.74, 6) is 0.637. The van der Waals surface area contributed by atoms with Gasteiger partial charge in [-0.1, -0.05) is 18.5 Å². The predicted molar refractivity (Wildman–Crippen MR) is 117 cm³/mol. The Balaban J connectivity index is 1.69. The van der Waals surface area contributed by atoms with Crippen LogP contribution in [0, 0.1) is 5.92 Å². The Bertz CT molecular complexity index is 1250. The summed E-state index contributed by atoms with van der Waals surface area (Å²) in [5, 5.41) is 9.73. The van der Waals surface area contributed by atoms with Crippen LogP contribution in [0.3, 0.4) is 0 Å². The minimum Gasteiger partial charge on any atom is -0.493 e. The zero-order chi connectivity index (χ0) is 21.7. The second-order valence-electron chi connectivity index (χ2n) is 7.69. The van der Waals surface area contributed by atoms with Gasteiger partial charge in [0.05, 0.1) is 17.8 Å². The number of halogens is 1. The number of carbonyl (C=O) groups is 1. The molecule has 2 aliphatic rings. The fourth-order valence-corrected chi connectivity index (χ4v) is 4.72. The van der Waals surface area contributed by atoms with Crippen LogP contribution in [-0.2, 0) is 6.42 Å². The molecule has 2 aromatic heterocycles. The lowest BCUT2D eigenvalue weighted by molar-refractivity contribution is 0.0693. The molecule has 31 heavy (non-hydrogen) atoms. The van der Waals surface area contributed by atoms with Gasteiger partial charge in [-0.05, 0) is 36.8 Å². The quantitative estimate of drug-likeness (QED) is 0.579. The molecular formula is C22H19ClN2O5S. The SMILES string of the molecule is CCc1cc2c(cc1OCC1CC1)O[C@H](c1scnc1Cl)n1cc(C(=O)O)c(=O)cc1-2. The lowest BCUT2D eigenvalue weighted by atomic mass is 10.0. The molecule has 1 aliphatic carbocycles. The number of benzene rings is 1. The van der Waals surface area contributed by atoms with Crippen molar-refractivity contribution in [1.29, 1.82) is 0 Å². The Hall–Kier alpha value is -2.84. The number of carboxylic acid groups (broad SMARTS) is 1. The largest absolute Gasteiger partial charge is 0.493 e. The molecule has 0 radical (unpaired) electrons. The number of pyridine rings is 1. The molecule has 1 aliphatic heterocycles. The number of hydrogen-bond acceptors (Lipinski definition) is 6. The molecule has 1 fully saturated rings. The average Bonchev–Trinajstić information content (AvgIpc) is 3.49. The molecule has 0 unspecified atom stereocenters. The molecule has 9 heteroatoms. The van der Waals surface area contributed by atoms with E-state index in [4.69, 9.17) is 21.1 Å². The van der Waals surface area contributed by atoms with Crippen LogP contribution in [0.15, 0.2) is 34.7 Å². The molecule has 160 valence electrons. The van der Waals surface area contributed by atoms with Crippen molar-refractivity contribution in [1.82, 2.24) is 9.55 Å². The monoisotopic (exact) mass is 458 g/mol. The van der Waals surface area contributed by atoms with Crippen molar-refractivity contribution in [2.45, 2.75) is 32.4 Å². The number of aromatic carboxylic acids is 1. The topological polar surface area (TPSA) is 90.7 Å². The van der Waals surface area contributed by atoms with E-state index in [0.29, 0.717) is 34.4 Å². The Labute approximate surface area is 186 Å². The van der Waals surface area contributed by atoms with E-state index >= 15 is 0 Å². The lowest BCUT2D eigenvalue weighted by Gasteiger charge is -2.31. The van der Waals surface area contributed by atoms with E-state index in [0.717, 1.165) is 17.7 Å². The molecule has 0 bridgehead atoms. The number of hydrogen-bond donors (Lipinski definition) is 1. The van der Waals surface area contributed by atoms with Crippen molar-refractivity contribution in [2.75, 3.05) is 6.61 Å². The van der Waals surface area contributed by atoms with Gasteiger partial charge in [-0.25, -0.2) is 9.78 Å². The number of rotatable bonds is 6. The fraction of sp³-hybridized carbons (Fsp3) is 0.318. The van der Waals surface area contributed by atoms with Gasteiger partial charge in [0.1, 0.15) is 27.1 Å². The molecule has 0 amide bonds. The number of carboxylic acids is 1. The van der Waals surface area contributed by atoms with Crippen LogP contribution in [0.1, 0.15) is 46.8 Å². The zero-order valence-electron chi connectivity index (χ0n) is 16.6. The summed E-state index contributed by atoms with van der Waals surface area (Å²) >= 11 is 7.58. The molecule has 7 nitrogen and oxygen atoms in total. The summed E-state index contributed by atoms with van der Waals surface area (Å²) in [6.45, 7) is 2.71. The molecule has 1 saturated carbocycles. The van der Waals surface area contributed by atoms with Crippen LogP contribution in [0.2, 0.25) is 5.15 Å². The molecule has 5 rings (SSSR count). The number of aromatic nitrogens is 2. The van der Waals surface area contributed by atoms with Crippen molar-refractivity contribution in [3.05, 3.63) is 61.3 Å². The van der Waals surface area contributed by atoms with E-state index in [1.54, 1.807) is 10.1 Å². The van der Waals surface area contributed by atoms with E-state index in [2.05, 4.69) is 4.98 Å². The van der Waals surface area contributed by atoms with Crippen molar-refractivity contribution in [3.63, 3.8) is 0 Å². The van der Waals surface area contributed by atoms with E-state index in [-0.39, 0.29) is 10.7 Å². The van der Waals surface area contributed by atoms with Crippen LogP contribution in [0.25, 0.3) is 11.3 Å². The number of aryl methyl sites for hydroxylation is 1. The van der Waals surface area contributed by atoms with Gasteiger partial charge in [0, 0.05) is 23.9 Å². The third-order valence-electron chi connectivity index (χ3n) is 5.57. The van der Waals surface area contributed by atoms with E-state index in [1.165, 1.54) is 36.4 Å². The third-order valence-corrected chi connectivity index (χ3v) is 6.84. The van der Waals surface area contributed by atoms with Crippen LogP contribution in [-0.4, -0.2) is 27.2 Å². The third kappa shape index (κ3) is 3.59. The van der Waals surface area contributed by atoms with Crippen molar-refractivity contribution in [2.24, 2.45) is 5.92 Å². The van der Waals surface area contributed by atoms with Gasteiger partial charge in [0.25, 0.3) is 0 Å². The molecule has 1 N–H and O–H groups in total. The summed E-state index contributed by atoms with van der Waals surface area (Å²) in [6, 6.07) is 5.16. The smallest absolute Gasteiger partial charge is 0.341 e. The molecule has 0 spiro atoms. The molecule has 1 aromatic carbocycles. The first-order valence-electron chi connectivity index (χ1n) is 10.0. The normalized spacial score (nSPS) is 16.9. The predicted octanol–water partition coefficient (Wildman–Crippen LogP) is 4.61. The number of fused-ring (bicyclic) bond motifs is 3. The average molecular weight is 459 g/mol. The summed E-state index contributed by atoms with van der Waals surface area (Å²) in [6.07, 6.45) is 3.69. The Morgan fingerprint density at radius 3 is 2.84 bits per heavy atom. The summed E-state index contributed by atoms with van der Waals surface area (Å²) in [7, 11) is 0. The zero-order valence-corrected chi connectivity index (χ0v) is 18.2. The summed E-state index contributed by atoms with van der Waals surface area (Å²) in [5.41, 5.74) is 2.98. The van der Waals surface area contributed by atoms with Crippen molar-refractivity contribution in [3.8, 4) is 22.8 Å². The standard InChI is InChI=1S/C22H19ClN2O5S/c1-2-12-5-13-15-6-16(26)14(22(27)28)8-25(15)21(19-20(23)24-10-31-19)30-18(13)7-17(12)29-9-11-3-4-11/h5-8,10-11,21H,2-4,9H2,1H3,(H,27,28)/t21-/m1/s1. The van der Waals surface area contributed by atoms with Crippen LogP contribution in [0.5, 0.6) is 11.5 Å². The minimum atomic E-state index is -1.29. The van der Waals surface area contributed by atoms with Gasteiger partial charge in [-0.15, -0.1) is 11.3 Å². The maximum absolute atomic E-state index is 12.5. The molecule has 3 aromatic rings. The summed E-state index contributed by atoms with van der Waals surface area (Å²) in [4.78, 5) is 28.8. The van der Waals surface area contributed by atoms with Gasteiger partial charge < -0.3 is 19.1 Å². The van der Waals surface area contributed by atoms with E-state index in [9.17, 15) is 14.7 Å². The van der Waals surface area contributed by atoms with Crippen molar-refractivity contribution < 1.29 is 19.4 Å². The van der Waals surface area contributed by atoms with Gasteiger partial charge >= 0.3 is 5.97 Å². The van der Waals surface area contributed by atoms with Crippen LogP contribution in [0.4, 0.5) is 0 Å². The maximum atomic E-state index is 12.5. The summed E-state index contributed by atoms with van der Waals surface area (Å²) < 4.78 is 14.0. The highest BCUT2D eigenvalue weighted by Crippen LogP contribution is 2.45. The van der Waals surface area contributed by atoms with E-state index in [1.807, 2.05) is 19.1 Å². The van der Waals surface area contributed by atoms with Crippen LogP contribution < -0.4 is 14.9 Å². The first kappa shape index (κ1) is 20.1. The highest BCUT2D eigenvalue weighted by Gasteiger charge is 2.32. The Morgan fingerprint density at radius 1 is 1.39 bits per heavy atom. The van der Waals surface area contributed by atoms with Gasteiger partial charge in [-0.2, -0.15) is 0 Å². The van der Waals surface area contributed by atoms with Gasteiger partial charge in [0.2, 0.25) is 6.23 Å². The number of thiazole rings is 1. The van der Waals surface area contributed by atoms with Crippen molar-refractivity contribution >= 4 is 28.9 Å². The second-order valence-corrected chi connectivity index (χ2v) is 8.94. The highest BCUT2D eigenvalue weighted by molar-refractivity contribution is 7.10. The fourth-order valence-electron chi connectivity index (χ4n) is 3.69. The minimum absolute atomic E-state index is 0.273. The Kier molecular flexibility index (Phi) is 4.98. The van der Waals surface area contributed by atoms with Crippen LogP contribution >= 0.6 is 22.9 Å². The van der Waals surface area contributed by atoms with Gasteiger partial charge in [-0.3, -0.25) is 4.79 Å². The maximum Gasteiger partial charge on any atom is 0.341 e. The molecule has 1 atom stereocenters. The van der Waals surface area contributed by atoms with Gasteiger partial charge in [0.15, 0.2) is 5.43 Å². The molecule has 3 heterocycles. The van der Waals surface area contributed by atoms with E-state index < -0.39 is 17.6 Å². The number of nitrogens with zero attached hydrogens (tertiary/aromatic N) is 2. The lowest BCUT2D eigenvalue weighted by Crippen LogP contribution is -2.27. The first-order valence-corrected chi connectivity index (χ1v) is 11.3. The number of ether oxygens (including phenoxy) is 2. The highest BCUT2D eigenvalue weighted by atomic mass is 35.5. The first-order chi connectivity index (χ1) is 15.0. The molecule has 0 saturated heterocycles. The Morgan fingerprint density at radius 2 is 2.19 bits per heavy atom. The second kappa shape index (κ2) is 7.69.